The van der Waals surface area contributed by atoms with E-state index < -0.39 is 10.8 Å². The summed E-state index contributed by atoms with van der Waals surface area (Å²) in [5, 5.41) is 26.6. The Balaban J connectivity index is 1.71. The first kappa shape index (κ1) is 19.6. The van der Waals surface area contributed by atoms with E-state index >= 15 is 0 Å². The van der Waals surface area contributed by atoms with E-state index in [4.69, 9.17) is 0 Å². The Hall–Kier alpha value is -3.75. The van der Waals surface area contributed by atoms with Crippen molar-refractivity contribution in [3.63, 3.8) is 0 Å². The first-order valence-corrected chi connectivity index (χ1v) is 8.10. The molecule has 0 bridgehead atoms. The second-order valence-corrected chi connectivity index (χ2v) is 5.52. The number of carbonyl (C=O) groups is 2. The van der Waals surface area contributed by atoms with Crippen molar-refractivity contribution in [2.75, 3.05) is 6.54 Å². The lowest BCUT2D eigenvalue weighted by Crippen LogP contribution is -2.26. The van der Waals surface area contributed by atoms with E-state index in [1.807, 2.05) is 0 Å². The van der Waals surface area contributed by atoms with Gasteiger partial charge in [0.05, 0.1) is 11.1 Å². The number of nitro benzene ring substituents is 1. The van der Waals surface area contributed by atoms with Crippen LogP contribution in [0.1, 0.15) is 28.8 Å². The van der Waals surface area contributed by atoms with Crippen LogP contribution >= 0.6 is 0 Å². The van der Waals surface area contributed by atoms with E-state index in [0.717, 1.165) is 0 Å². The molecule has 0 aromatic heterocycles. The number of rotatable bonds is 8. The van der Waals surface area contributed by atoms with Crippen LogP contribution in [0.4, 0.5) is 5.69 Å². The van der Waals surface area contributed by atoms with Crippen LogP contribution in [-0.4, -0.2) is 34.6 Å². The molecule has 0 radical (unpaired) electrons. The molecule has 2 rings (SSSR count). The molecule has 140 valence electrons. The highest BCUT2D eigenvalue weighted by Gasteiger charge is 2.11. The van der Waals surface area contributed by atoms with Crippen LogP contribution in [0.3, 0.4) is 0 Å². The summed E-state index contributed by atoms with van der Waals surface area (Å²) in [5.74, 6) is -0.734. The molecule has 0 spiro atoms. The Bertz CT molecular complexity index is 866. The molecular formula is C18H18N4O5. The summed E-state index contributed by atoms with van der Waals surface area (Å²) in [7, 11) is 0. The Morgan fingerprint density at radius 1 is 1.19 bits per heavy atom. The van der Waals surface area contributed by atoms with Crippen molar-refractivity contribution in [2.45, 2.75) is 12.8 Å². The van der Waals surface area contributed by atoms with Crippen molar-refractivity contribution in [1.82, 2.24) is 10.7 Å². The molecule has 2 aromatic rings. The second kappa shape index (κ2) is 9.66. The number of hydrogen-bond donors (Lipinski definition) is 3. The van der Waals surface area contributed by atoms with Gasteiger partial charge < -0.3 is 10.4 Å². The molecule has 2 aromatic carbocycles. The summed E-state index contributed by atoms with van der Waals surface area (Å²) in [6.07, 6.45) is 1.84. The van der Waals surface area contributed by atoms with Crippen LogP contribution in [0.15, 0.2) is 53.6 Å². The van der Waals surface area contributed by atoms with Gasteiger partial charge in [0.1, 0.15) is 5.75 Å². The quantitative estimate of drug-likeness (QED) is 0.283. The number of hydrogen-bond acceptors (Lipinski definition) is 6. The molecule has 9 nitrogen and oxygen atoms in total. The highest BCUT2D eigenvalue weighted by Crippen LogP contribution is 2.13. The number of para-hydroxylation sites is 1. The highest BCUT2D eigenvalue weighted by atomic mass is 16.6. The van der Waals surface area contributed by atoms with Crippen LogP contribution in [-0.2, 0) is 4.79 Å². The standard InChI is InChI=1S/C18H18N4O5/c23-16-8-2-1-5-14(16)12-20-21-17(24)9-4-10-19-18(25)13-6-3-7-15(11-13)22(26)27/h1-3,5-8,11-12,23H,4,9-10H2,(H,19,25)(H,21,24)/b20-12+. The molecule has 0 aliphatic rings. The van der Waals surface area contributed by atoms with Crippen molar-refractivity contribution in [3.05, 3.63) is 69.8 Å². The number of nitro groups is 1. The van der Waals surface area contributed by atoms with Gasteiger partial charge in [0.15, 0.2) is 0 Å². The zero-order chi connectivity index (χ0) is 19.6. The van der Waals surface area contributed by atoms with Crippen LogP contribution in [0.5, 0.6) is 5.75 Å². The first-order valence-electron chi connectivity index (χ1n) is 8.10. The summed E-state index contributed by atoms with van der Waals surface area (Å²) >= 11 is 0. The third-order valence-corrected chi connectivity index (χ3v) is 3.51. The van der Waals surface area contributed by atoms with Crippen molar-refractivity contribution >= 4 is 23.7 Å². The van der Waals surface area contributed by atoms with E-state index in [9.17, 15) is 24.8 Å². The van der Waals surface area contributed by atoms with Crippen LogP contribution in [0, 0.1) is 10.1 Å². The predicted molar refractivity (Wildman–Crippen MR) is 98.5 cm³/mol. The van der Waals surface area contributed by atoms with Gasteiger partial charge in [-0.2, -0.15) is 5.10 Å². The predicted octanol–water partition coefficient (Wildman–Crippen LogP) is 1.96. The van der Waals surface area contributed by atoms with Gasteiger partial charge in [-0.1, -0.05) is 18.2 Å². The average molecular weight is 370 g/mol. The smallest absolute Gasteiger partial charge is 0.270 e. The molecule has 27 heavy (non-hydrogen) atoms. The number of amides is 2. The first-order chi connectivity index (χ1) is 13.0. The third kappa shape index (κ3) is 6.24. The largest absolute Gasteiger partial charge is 0.507 e. The van der Waals surface area contributed by atoms with Gasteiger partial charge in [-0.05, 0) is 24.6 Å². The minimum Gasteiger partial charge on any atom is -0.507 e. The summed E-state index contributed by atoms with van der Waals surface area (Å²) < 4.78 is 0. The number of aromatic hydroxyl groups is 1. The molecule has 3 N–H and O–H groups in total. The molecule has 0 heterocycles. The number of phenolic OH excluding ortho intramolecular Hbond substituents is 1. The number of phenols is 1. The minimum absolute atomic E-state index is 0.0550. The molecule has 0 aliphatic heterocycles. The Morgan fingerprint density at radius 3 is 2.70 bits per heavy atom. The van der Waals surface area contributed by atoms with Gasteiger partial charge in [-0.15, -0.1) is 0 Å². The molecule has 0 saturated carbocycles. The SMILES string of the molecule is O=C(CCCNC(=O)c1cccc([N+](=O)[O-])c1)N/N=C/c1ccccc1O. The molecule has 0 aliphatic carbocycles. The Morgan fingerprint density at radius 2 is 1.96 bits per heavy atom. The molecular weight excluding hydrogens is 352 g/mol. The maximum absolute atomic E-state index is 11.9. The average Bonchev–Trinajstić information content (AvgIpc) is 2.66. The van der Waals surface area contributed by atoms with Crippen LogP contribution < -0.4 is 10.7 Å². The minimum atomic E-state index is -0.573. The van der Waals surface area contributed by atoms with Gasteiger partial charge >= 0.3 is 0 Å². The number of non-ortho nitro benzene ring substituents is 1. The van der Waals surface area contributed by atoms with E-state index in [1.165, 1.54) is 36.5 Å². The topological polar surface area (TPSA) is 134 Å². The van der Waals surface area contributed by atoms with Gasteiger partial charge in [-0.25, -0.2) is 5.43 Å². The fraction of sp³-hybridized carbons (Fsp3) is 0.167. The van der Waals surface area contributed by atoms with Crippen molar-refractivity contribution < 1.29 is 19.6 Å². The number of nitrogens with zero attached hydrogens (tertiary/aromatic N) is 2. The van der Waals surface area contributed by atoms with Crippen LogP contribution in [0.2, 0.25) is 0 Å². The maximum Gasteiger partial charge on any atom is 0.270 e. The van der Waals surface area contributed by atoms with Gasteiger partial charge in [0, 0.05) is 36.2 Å². The van der Waals surface area contributed by atoms with E-state index in [-0.39, 0.29) is 35.9 Å². The highest BCUT2D eigenvalue weighted by molar-refractivity contribution is 5.94. The van der Waals surface area contributed by atoms with Gasteiger partial charge in [-0.3, -0.25) is 19.7 Å². The van der Waals surface area contributed by atoms with Crippen molar-refractivity contribution in [1.29, 1.82) is 0 Å². The van der Waals surface area contributed by atoms with Gasteiger partial charge in [0.2, 0.25) is 5.91 Å². The fourth-order valence-corrected chi connectivity index (χ4v) is 2.14. The summed E-state index contributed by atoms with van der Waals surface area (Å²) in [6.45, 7) is 0.234. The molecule has 0 fully saturated rings. The Kier molecular flexibility index (Phi) is 7.00. The normalized spacial score (nSPS) is 10.5. The Labute approximate surface area is 154 Å². The fourth-order valence-electron chi connectivity index (χ4n) is 2.14. The molecule has 0 saturated heterocycles. The van der Waals surface area contributed by atoms with Crippen molar-refractivity contribution in [2.24, 2.45) is 5.10 Å². The number of nitrogens with one attached hydrogen (secondary N) is 2. The molecule has 0 unspecified atom stereocenters. The summed E-state index contributed by atoms with van der Waals surface area (Å²) in [5.41, 5.74) is 2.82. The lowest BCUT2D eigenvalue weighted by atomic mass is 10.2. The monoisotopic (exact) mass is 370 g/mol. The lowest BCUT2D eigenvalue weighted by Gasteiger charge is -2.05. The zero-order valence-corrected chi connectivity index (χ0v) is 14.3. The molecule has 2 amide bonds. The lowest BCUT2D eigenvalue weighted by molar-refractivity contribution is -0.384. The molecule has 0 atom stereocenters. The second-order valence-electron chi connectivity index (χ2n) is 5.52. The van der Waals surface area contributed by atoms with Gasteiger partial charge in [0.25, 0.3) is 11.6 Å². The number of carbonyl (C=O) groups excluding carboxylic acids is 2. The van der Waals surface area contributed by atoms with E-state index in [2.05, 4.69) is 15.8 Å². The zero-order valence-electron chi connectivity index (χ0n) is 14.3. The van der Waals surface area contributed by atoms with Crippen molar-refractivity contribution in [3.8, 4) is 5.75 Å². The van der Waals surface area contributed by atoms with Crippen LogP contribution in [0.25, 0.3) is 0 Å². The third-order valence-electron chi connectivity index (χ3n) is 3.51. The number of benzene rings is 2. The summed E-state index contributed by atoms with van der Waals surface area (Å²) in [6, 6.07) is 12.0. The maximum atomic E-state index is 11.9. The molecule has 9 heteroatoms. The van der Waals surface area contributed by atoms with E-state index in [0.29, 0.717) is 12.0 Å². The van der Waals surface area contributed by atoms with E-state index in [1.54, 1.807) is 18.2 Å². The number of hydrazone groups is 1. The summed E-state index contributed by atoms with van der Waals surface area (Å²) in [4.78, 5) is 33.8.